The molecule has 1 amide bonds. The second-order valence-corrected chi connectivity index (χ2v) is 10.3. The third-order valence-corrected chi connectivity index (χ3v) is 6.27. The van der Waals surface area contributed by atoms with Crippen LogP contribution >= 0.6 is 0 Å². The predicted molar refractivity (Wildman–Crippen MR) is 148 cm³/mol. The molecule has 4 rings (SSSR count). The number of carbonyl (C=O) groups is 3. The van der Waals surface area contributed by atoms with Crippen LogP contribution in [0.1, 0.15) is 53.7 Å². The van der Waals surface area contributed by atoms with Gasteiger partial charge < -0.3 is 19.5 Å². The molecule has 0 aliphatic heterocycles. The van der Waals surface area contributed by atoms with Gasteiger partial charge in [-0.25, -0.2) is 14.4 Å². The summed E-state index contributed by atoms with van der Waals surface area (Å²) >= 11 is 0. The van der Waals surface area contributed by atoms with E-state index in [1.165, 1.54) is 6.08 Å². The molecule has 7 heteroatoms. The Kier molecular flexibility index (Phi) is 8.49. The number of alkyl carbamates (subject to hydrolysis) is 1. The Labute approximate surface area is 228 Å². The number of hydrogen-bond acceptors (Lipinski definition) is 6. The van der Waals surface area contributed by atoms with Gasteiger partial charge in [0.25, 0.3) is 0 Å². The number of fused-ring (bicyclic) bond motifs is 3. The van der Waals surface area contributed by atoms with Gasteiger partial charge in [0.2, 0.25) is 0 Å². The number of amides is 1. The maximum Gasteiger partial charge on any atom is 0.407 e. The van der Waals surface area contributed by atoms with E-state index >= 15 is 0 Å². The molecule has 1 aliphatic carbocycles. The quantitative estimate of drug-likeness (QED) is 0.214. The van der Waals surface area contributed by atoms with Crippen molar-refractivity contribution in [3.63, 3.8) is 0 Å². The lowest BCUT2D eigenvalue weighted by Gasteiger charge is -2.20. The van der Waals surface area contributed by atoms with Crippen LogP contribution in [0.15, 0.2) is 85.5 Å². The minimum absolute atomic E-state index is 0.000346. The van der Waals surface area contributed by atoms with Crippen molar-refractivity contribution in [1.82, 2.24) is 5.32 Å². The van der Waals surface area contributed by atoms with Crippen molar-refractivity contribution in [2.75, 3.05) is 13.2 Å². The molecule has 0 bridgehead atoms. The average molecular weight is 528 g/mol. The zero-order valence-corrected chi connectivity index (χ0v) is 22.4. The molecule has 3 aromatic carbocycles. The highest BCUT2D eigenvalue weighted by molar-refractivity contribution is 5.90. The molecule has 7 nitrogen and oxygen atoms in total. The Balaban J connectivity index is 1.46. The number of ether oxygens (including phenoxy) is 3. The van der Waals surface area contributed by atoms with Crippen molar-refractivity contribution >= 4 is 18.0 Å². The Hall–Kier alpha value is -4.39. The molecule has 0 radical (unpaired) electrons. The van der Waals surface area contributed by atoms with Gasteiger partial charge in [-0.3, -0.25) is 0 Å². The van der Waals surface area contributed by atoms with Gasteiger partial charge in [0, 0.05) is 12.3 Å². The second kappa shape index (κ2) is 12.0. The van der Waals surface area contributed by atoms with E-state index in [0.717, 1.165) is 22.3 Å². The number of esters is 2. The molecule has 3 aromatic rings. The first-order chi connectivity index (χ1) is 18.7. The van der Waals surface area contributed by atoms with Crippen LogP contribution < -0.4 is 5.32 Å². The van der Waals surface area contributed by atoms with Crippen LogP contribution in [-0.2, 0) is 25.4 Å². The fourth-order valence-corrected chi connectivity index (χ4v) is 4.62. The van der Waals surface area contributed by atoms with Gasteiger partial charge in [0.1, 0.15) is 24.9 Å². The molecule has 1 atom stereocenters. The Morgan fingerprint density at radius 1 is 0.923 bits per heavy atom. The van der Waals surface area contributed by atoms with Gasteiger partial charge in [-0.15, -0.1) is 0 Å². The second-order valence-electron chi connectivity index (χ2n) is 10.3. The summed E-state index contributed by atoms with van der Waals surface area (Å²) in [6.45, 7) is 9.05. The topological polar surface area (TPSA) is 90.9 Å². The number of hydrogen-bond donors (Lipinski definition) is 1. The smallest absolute Gasteiger partial charge is 0.407 e. The maximum atomic E-state index is 12.9. The first-order valence-corrected chi connectivity index (χ1v) is 12.9. The molecule has 0 heterocycles. The van der Waals surface area contributed by atoms with Gasteiger partial charge in [0.05, 0.1) is 5.56 Å². The van der Waals surface area contributed by atoms with Crippen LogP contribution in [0.2, 0.25) is 0 Å². The minimum Gasteiger partial charge on any atom is -0.460 e. The molecule has 1 aliphatic rings. The highest BCUT2D eigenvalue weighted by Crippen LogP contribution is 2.44. The number of rotatable bonds is 9. The molecule has 0 unspecified atom stereocenters. The Bertz CT molecular complexity index is 1330. The summed E-state index contributed by atoms with van der Waals surface area (Å²) in [7, 11) is 0. The molecule has 0 spiro atoms. The van der Waals surface area contributed by atoms with Crippen molar-refractivity contribution in [3.05, 3.63) is 108 Å². The maximum absolute atomic E-state index is 12.9. The van der Waals surface area contributed by atoms with Gasteiger partial charge in [-0.05, 0) is 60.7 Å². The van der Waals surface area contributed by atoms with Gasteiger partial charge in [0.15, 0.2) is 0 Å². The summed E-state index contributed by atoms with van der Waals surface area (Å²) in [4.78, 5) is 38.2. The summed E-state index contributed by atoms with van der Waals surface area (Å²) in [5.74, 6) is -1.22. The molecule has 39 heavy (non-hydrogen) atoms. The fourth-order valence-electron chi connectivity index (χ4n) is 4.62. The number of benzene rings is 3. The van der Waals surface area contributed by atoms with E-state index in [4.69, 9.17) is 14.2 Å². The normalized spacial score (nSPS) is 13.0. The highest BCUT2D eigenvalue weighted by Gasteiger charge is 2.30. The van der Waals surface area contributed by atoms with Gasteiger partial charge in [-0.1, -0.05) is 73.3 Å². The largest absolute Gasteiger partial charge is 0.460 e. The SMILES string of the molecule is C=CCOC(=O)[C@H](Cc1cccc(C(=O)OC(C)(C)C)c1)NC(=O)OCC1c2ccccc2-c2ccccc21. The zero-order valence-electron chi connectivity index (χ0n) is 22.4. The van der Waals surface area contributed by atoms with E-state index in [9.17, 15) is 14.4 Å². The van der Waals surface area contributed by atoms with E-state index in [1.807, 2.05) is 36.4 Å². The van der Waals surface area contributed by atoms with Crippen molar-refractivity contribution < 1.29 is 28.6 Å². The molecular formula is C32H33NO6. The van der Waals surface area contributed by atoms with Crippen LogP contribution in [0, 0.1) is 0 Å². The molecule has 202 valence electrons. The van der Waals surface area contributed by atoms with Crippen molar-refractivity contribution in [1.29, 1.82) is 0 Å². The van der Waals surface area contributed by atoms with Crippen molar-refractivity contribution in [2.45, 2.75) is 44.8 Å². The van der Waals surface area contributed by atoms with Crippen LogP contribution in [0.25, 0.3) is 11.1 Å². The molecule has 1 N–H and O–H groups in total. The van der Waals surface area contributed by atoms with Crippen LogP contribution in [-0.4, -0.2) is 42.9 Å². The average Bonchev–Trinajstić information content (AvgIpc) is 3.23. The lowest BCUT2D eigenvalue weighted by molar-refractivity contribution is -0.144. The lowest BCUT2D eigenvalue weighted by atomic mass is 9.98. The van der Waals surface area contributed by atoms with Gasteiger partial charge in [-0.2, -0.15) is 0 Å². The van der Waals surface area contributed by atoms with Crippen molar-refractivity contribution in [2.24, 2.45) is 0 Å². The van der Waals surface area contributed by atoms with Crippen LogP contribution in [0.4, 0.5) is 4.79 Å². The minimum atomic E-state index is -1.03. The molecule has 0 fully saturated rings. The molecule has 0 aromatic heterocycles. The summed E-state index contributed by atoms with van der Waals surface area (Å²) in [6, 6.07) is 21.8. The first kappa shape index (κ1) is 27.6. The number of carbonyl (C=O) groups excluding carboxylic acids is 3. The van der Waals surface area contributed by atoms with E-state index in [0.29, 0.717) is 11.1 Å². The summed E-state index contributed by atoms with van der Waals surface area (Å²) in [6.07, 6.45) is 0.808. The molecule has 0 saturated heterocycles. The summed E-state index contributed by atoms with van der Waals surface area (Å²) in [5.41, 5.74) is 4.78. The van der Waals surface area contributed by atoms with E-state index in [-0.39, 0.29) is 25.6 Å². The molecular weight excluding hydrogens is 494 g/mol. The Morgan fingerprint density at radius 2 is 1.56 bits per heavy atom. The standard InChI is InChI=1S/C32H33NO6/c1-5-17-37-30(35)28(19-21-11-10-12-22(18-21)29(34)39-32(2,3)4)33-31(36)38-20-27-25-15-8-6-13-23(25)24-14-7-9-16-26(24)27/h5-16,18,27-28H,1,17,19-20H2,2-4H3,(H,33,36)/t28-/m0/s1. The first-order valence-electron chi connectivity index (χ1n) is 12.9. The van der Waals surface area contributed by atoms with Crippen LogP contribution in [0.5, 0.6) is 0 Å². The predicted octanol–water partition coefficient (Wildman–Crippen LogP) is 5.82. The number of nitrogens with one attached hydrogen (secondary N) is 1. The third-order valence-electron chi connectivity index (χ3n) is 6.27. The van der Waals surface area contributed by atoms with Gasteiger partial charge >= 0.3 is 18.0 Å². The Morgan fingerprint density at radius 3 is 2.18 bits per heavy atom. The summed E-state index contributed by atoms with van der Waals surface area (Å²) < 4.78 is 16.3. The highest BCUT2D eigenvalue weighted by atomic mass is 16.6. The van der Waals surface area contributed by atoms with Crippen LogP contribution in [0.3, 0.4) is 0 Å². The third kappa shape index (κ3) is 6.93. The van der Waals surface area contributed by atoms with E-state index < -0.39 is 29.7 Å². The summed E-state index contributed by atoms with van der Waals surface area (Å²) in [5, 5.41) is 2.65. The fraction of sp³-hybridized carbons (Fsp3) is 0.281. The molecule has 0 saturated carbocycles. The lowest BCUT2D eigenvalue weighted by Crippen LogP contribution is -2.44. The van der Waals surface area contributed by atoms with Crippen molar-refractivity contribution in [3.8, 4) is 11.1 Å². The monoisotopic (exact) mass is 527 g/mol. The van der Waals surface area contributed by atoms with E-state index in [2.05, 4.69) is 24.0 Å². The van der Waals surface area contributed by atoms with E-state index in [1.54, 1.807) is 45.0 Å². The zero-order chi connectivity index (χ0) is 28.0.